The Morgan fingerprint density at radius 3 is 1.97 bits per heavy atom. The largest absolute Gasteiger partial charge is 0.393 e. The second-order valence-corrected chi connectivity index (χ2v) is 9.63. The van der Waals surface area contributed by atoms with Crippen LogP contribution in [0.2, 0.25) is 0 Å². The van der Waals surface area contributed by atoms with Gasteiger partial charge in [0.25, 0.3) is 0 Å². The molecule has 5 nitrogen and oxygen atoms in total. The third-order valence-electron chi connectivity index (χ3n) is 7.45. The molecule has 5 rings (SSSR count). The third-order valence-corrected chi connectivity index (χ3v) is 7.45. The number of ether oxygens (including phenoxy) is 2. The van der Waals surface area contributed by atoms with E-state index in [0.717, 1.165) is 31.6 Å². The summed E-state index contributed by atoms with van der Waals surface area (Å²) in [5.74, 6) is 2.02. The molecule has 0 aromatic rings. The second kappa shape index (κ2) is 10.1. The number of aliphatic hydroxyl groups is 1. The molecule has 2 aliphatic heterocycles. The molecular weight excluding hydrogens is 368 g/mol. The van der Waals surface area contributed by atoms with Crippen molar-refractivity contribution in [3.63, 3.8) is 0 Å². The first-order valence-corrected chi connectivity index (χ1v) is 11.6. The van der Waals surface area contributed by atoms with Crippen LogP contribution in [0, 0.1) is 23.7 Å². The molecule has 9 unspecified atom stereocenters. The fraction of sp³-hybridized carbons (Fsp3) is 0.833. The summed E-state index contributed by atoms with van der Waals surface area (Å²) in [6.45, 7) is 8.89. The molecule has 0 spiro atoms. The predicted molar refractivity (Wildman–Crippen MR) is 111 cm³/mol. The van der Waals surface area contributed by atoms with E-state index in [1.54, 1.807) is 0 Å². The molecule has 0 aromatic carbocycles. The van der Waals surface area contributed by atoms with Crippen LogP contribution in [-0.2, 0) is 19.2 Å². The van der Waals surface area contributed by atoms with Crippen LogP contribution >= 0.6 is 0 Å². The van der Waals surface area contributed by atoms with Crippen LogP contribution in [0.5, 0.6) is 0 Å². The maximum absolute atomic E-state index is 9.80. The molecule has 29 heavy (non-hydrogen) atoms. The molecule has 164 valence electrons. The van der Waals surface area contributed by atoms with Crippen LogP contribution in [0.3, 0.4) is 0 Å². The van der Waals surface area contributed by atoms with Crippen molar-refractivity contribution in [2.45, 2.75) is 88.3 Å². The molecule has 2 heterocycles. The zero-order chi connectivity index (χ0) is 20.2. The highest BCUT2D eigenvalue weighted by Crippen LogP contribution is 2.40. The summed E-state index contributed by atoms with van der Waals surface area (Å²) in [6, 6.07) is 0. The van der Waals surface area contributed by atoms with Gasteiger partial charge in [0.15, 0.2) is 0 Å². The topological polar surface area (TPSA) is 63.8 Å². The fourth-order valence-corrected chi connectivity index (χ4v) is 5.26. The number of allylic oxidation sites excluding steroid dienone is 1. The number of fused-ring (bicyclic) bond motifs is 2. The van der Waals surface area contributed by atoms with Gasteiger partial charge in [0.1, 0.15) is 0 Å². The molecule has 5 heteroatoms. The highest BCUT2D eigenvalue weighted by Gasteiger charge is 2.44. The summed E-state index contributed by atoms with van der Waals surface area (Å²) in [6.07, 6.45) is 16.1. The number of epoxide rings is 2. The smallest absolute Gasteiger partial charge is 0.0851 e. The van der Waals surface area contributed by atoms with Crippen LogP contribution in [0.15, 0.2) is 25.3 Å². The van der Waals surface area contributed by atoms with E-state index in [1.165, 1.54) is 32.1 Å². The maximum Gasteiger partial charge on any atom is 0.0851 e. The summed E-state index contributed by atoms with van der Waals surface area (Å²) in [5.41, 5.74) is 0. The average molecular weight is 407 g/mol. The Hall–Kier alpha value is -0.720. The van der Waals surface area contributed by atoms with E-state index in [4.69, 9.17) is 19.2 Å². The second-order valence-electron chi connectivity index (χ2n) is 9.63. The van der Waals surface area contributed by atoms with E-state index in [1.807, 2.05) is 6.08 Å². The lowest BCUT2D eigenvalue weighted by Gasteiger charge is -2.31. The molecule has 0 radical (unpaired) electrons. The van der Waals surface area contributed by atoms with E-state index in [0.29, 0.717) is 49.5 Å². The lowest BCUT2D eigenvalue weighted by atomic mass is 9.80. The van der Waals surface area contributed by atoms with Crippen molar-refractivity contribution in [2.75, 3.05) is 13.2 Å². The van der Waals surface area contributed by atoms with Crippen LogP contribution in [0.25, 0.3) is 0 Å². The van der Waals surface area contributed by atoms with Crippen LogP contribution in [-0.4, -0.2) is 48.8 Å². The van der Waals surface area contributed by atoms with Crippen LogP contribution < -0.4 is 0 Å². The van der Waals surface area contributed by atoms with Crippen molar-refractivity contribution in [1.82, 2.24) is 0 Å². The van der Waals surface area contributed by atoms with Crippen LogP contribution in [0.1, 0.15) is 57.8 Å². The summed E-state index contributed by atoms with van der Waals surface area (Å²) in [5, 5.41) is 9.80. The summed E-state index contributed by atoms with van der Waals surface area (Å²) < 4.78 is 10.9. The molecule has 9 atom stereocenters. The predicted octanol–water partition coefficient (Wildman–Crippen LogP) is 4.21. The summed E-state index contributed by atoms with van der Waals surface area (Å²) in [4.78, 5) is 10.8. The molecule has 0 amide bonds. The Bertz CT molecular complexity index is 551. The minimum Gasteiger partial charge on any atom is -0.393 e. The molecule has 5 fully saturated rings. The molecule has 2 saturated heterocycles. The van der Waals surface area contributed by atoms with E-state index >= 15 is 0 Å². The first kappa shape index (κ1) is 21.5. The normalized spacial score (nSPS) is 45.1. The standard InChI is InChI=1S/C16H26O4.C8H12O/c1-2-13-7-11(3-5-14(13)17)9-18-19-10-12-4-6-15-16(8-12)20-15;1-2-6-3-4-7-8(5-6)9-7/h2,11-17H,1,3-10H2;2,6-8H,1,3-5H2. The monoisotopic (exact) mass is 406 g/mol. The van der Waals surface area contributed by atoms with Crippen molar-refractivity contribution < 1.29 is 24.4 Å². The van der Waals surface area contributed by atoms with E-state index in [9.17, 15) is 5.11 Å². The van der Waals surface area contributed by atoms with Crippen LogP contribution in [0.4, 0.5) is 0 Å². The molecular formula is C24H38O5. The lowest BCUT2D eigenvalue weighted by molar-refractivity contribution is -0.310. The lowest BCUT2D eigenvalue weighted by Crippen LogP contribution is -2.30. The Morgan fingerprint density at radius 2 is 1.34 bits per heavy atom. The maximum atomic E-state index is 9.80. The summed E-state index contributed by atoms with van der Waals surface area (Å²) >= 11 is 0. The fourth-order valence-electron chi connectivity index (χ4n) is 5.26. The zero-order valence-electron chi connectivity index (χ0n) is 17.6. The number of aliphatic hydroxyl groups excluding tert-OH is 1. The molecule has 0 aromatic heterocycles. The van der Waals surface area contributed by atoms with Gasteiger partial charge in [0.05, 0.1) is 43.7 Å². The van der Waals surface area contributed by atoms with E-state index in [2.05, 4.69) is 19.2 Å². The van der Waals surface area contributed by atoms with Gasteiger partial charge in [0, 0.05) is 5.92 Å². The van der Waals surface area contributed by atoms with Crippen molar-refractivity contribution >= 4 is 0 Å². The zero-order valence-corrected chi connectivity index (χ0v) is 17.6. The van der Waals surface area contributed by atoms with Crippen molar-refractivity contribution in [2.24, 2.45) is 23.7 Å². The Labute approximate surface area is 175 Å². The van der Waals surface area contributed by atoms with Gasteiger partial charge in [-0.05, 0) is 75.5 Å². The minimum absolute atomic E-state index is 0.208. The van der Waals surface area contributed by atoms with Crippen molar-refractivity contribution in [3.8, 4) is 0 Å². The highest BCUT2D eigenvalue weighted by atomic mass is 17.2. The summed E-state index contributed by atoms with van der Waals surface area (Å²) in [7, 11) is 0. The Kier molecular flexibility index (Phi) is 7.46. The third kappa shape index (κ3) is 6.14. The van der Waals surface area contributed by atoms with Gasteiger partial charge in [-0.1, -0.05) is 12.2 Å². The molecule has 3 aliphatic carbocycles. The molecule has 1 N–H and O–H groups in total. The molecule has 0 bridgehead atoms. The quantitative estimate of drug-likeness (QED) is 0.226. The minimum atomic E-state index is -0.224. The number of rotatable bonds is 7. The van der Waals surface area contributed by atoms with Gasteiger partial charge in [0.2, 0.25) is 0 Å². The van der Waals surface area contributed by atoms with E-state index in [-0.39, 0.29) is 12.0 Å². The van der Waals surface area contributed by atoms with Gasteiger partial charge in [-0.3, -0.25) is 0 Å². The number of hydrogen-bond acceptors (Lipinski definition) is 5. The average Bonchev–Trinajstić information content (AvgIpc) is 3.66. The highest BCUT2D eigenvalue weighted by molar-refractivity contribution is 4.96. The molecule has 3 saturated carbocycles. The van der Waals surface area contributed by atoms with Crippen molar-refractivity contribution in [1.29, 1.82) is 0 Å². The Balaban J connectivity index is 0.000000188. The van der Waals surface area contributed by atoms with Gasteiger partial charge in [-0.15, -0.1) is 13.2 Å². The SMILES string of the molecule is C=CC1CC(COOCC2CCC3OC3C2)CCC1O.C=CC1CCC2OC2C1. The van der Waals surface area contributed by atoms with Gasteiger partial charge in [-0.2, -0.15) is 0 Å². The van der Waals surface area contributed by atoms with Gasteiger partial charge >= 0.3 is 0 Å². The first-order chi connectivity index (χ1) is 14.2. The van der Waals surface area contributed by atoms with Gasteiger partial charge < -0.3 is 14.6 Å². The van der Waals surface area contributed by atoms with Gasteiger partial charge in [-0.25, -0.2) is 9.78 Å². The molecule has 5 aliphatic rings. The first-order valence-electron chi connectivity index (χ1n) is 11.6. The number of hydrogen-bond donors (Lipinski definition) is 1. The van der Waals surface area contributed by atoms with E-state index < -0.39 is 0 Å². The Morgan fingerprint density at radius 1 is 0.724 bits per heavy atom. The van der Waals surface area contributed by atoms with Crippen molar-refractivity contribution in [3.05, 3.63) is 25.3 Å².